The van der Waals surface area contributed by atoms with Crippen molar-refractivity contribution in [3.05, 3.63) is 30.2 Å². The molecule has 0 bridgehead atoms. The standard InChI is InChI=1S/C23H28FN5O4S/c1-23(2,3)33-22(30)26-16-7-8-32-19-12-28(11-15(16)19)21-27-29-17(10-25-20(29)34-21)14-6-5-13(24)9-18(14)31-4/h5-6,9-10,15-16,19H,7-8,11-12H2,1-4H3,(H,26,30)/t15-,16-,19-/m0/s1. The van der Waals surface area contributed by atoms with Crippen LogP contribution in [0.3, 0.4) is 0 Å². The number of ether oxygens (including phenoxy) is 3. The van der Waals surface area contributed by atoms with E-state index in [4.69, 9.17) is 19.3 Å². The number of carbonyl (C=O) groups excluding carboxylic acids is 1. The topological polar surface area (TPSA) is 90.2 Å². The SMILES string of the molecule is COc1cc(F)ccc1-c1cnc2sc(N3C[C@H]4[C@@H](NC(=O)OC(C)(C)C)CCO[C@H]4C3)nn12. The van der Waals surface area contributed by atoms with Gasteiger partial charge in [-0.1, -0.05) is 11.3 Å². The molecule has 182 valence electrons. The monoisotopic (exact) mass is 489 g/mol. The zero-order valence-electron chi connectivity index (χ0n) is 19.6. The number of methoxy groups -OCH3 is 1. The minimum atomic E-state index is -0.545. The van der Waals surface area contributed by atoms with Crippen LogP contribution in [0.4, 0.5) is 14.3 Å². The number of amides is 1. The van der Waals surface area contributed by atoms with Crippen molar-refractivity contribution in [3.63, 3.8) is 0 Å². The lowest BCUT2D eigenvalue weighted by atomic mass is 9.92. The number of nitrogens with one attached hydrogen (secondary N) is 1. The summed E-state index contributed by atoms with van der Waals surface area (Å²) in [5.41, 5.74) is 0.900. The molecule has 1 N–H and O–H groups in total. The predicted octanol–water partition coefficient (Wildman–Crippen LogP) is 3.72. The molecule has 2 aliphatic heterocycles. The second kappa shape index (κ2) is 8.70. The van der Waals surface area contributed by atoms with Gasteiger partial charge >= 0.3 is 6.09 Å². The Morgan fingerprint density at radius 2 is 2.15 bits per heavy atom. The molecule has 3 aromatic rings. The third-order valence-electron chi connectivity index (χ3n) is 6.07. The van der Waals surface area contributed by atoms with Crippen LogP contribution in [0.5, 0.6) is 5.75 Å². The first-order valence-electron chi connectivity index (χ1n) is 11.3. The van der Waals surface area contributed by atoms with Gasteiger partial charge in [0.1, 0.15) is 17.2 Å². The molecule has 1 amide bonds. The third-order valence-corrected chi connectivity index (χ3v) is 7.06. The number of fused-ring (bicyclic) bond motifs is 2. The Labute approximate surface area is 200 Å². The van der Waals surface area contributed by atoms with Gasteiger partial charge in [0.15, 0.2) is 0 Å². The largest absolute Gasteiger partial charge is 0.496 e. The Kier molecular flexibility index (Phi) is 5.85. The number of hydrogen-bond acceptors (Lipinski definition) is 8. The first kappa shape index (κ1) is 22.9. The van der Waals surface area contributed by atoms with Crippen LogP contribution in [0.1, 0.15) is 27.2 Å². The number of carbonyl (C=O) groups is 1. The summed E-state index contributed by atoms with van der Waals surface area (Å²) in [5.74, 6) is 0.191. The van der Waals surface area contributed by atoms with E-state index >= 15 is 0 Å². The van der Waals surface area contributed by atoms with E-state index in [2.05, 4.69) is 15.2 Å². The second-order valence-corrected chi connectivity index (χ2v) is 10.5. The number of imidazole rings is 1. The summed E-state index contributed by atoms with van der Waals surface area (Å²) in [6.07, 6.45) is 2.06. The highest BCUT2D eigenvalue weighted by Crippen LogP contribution is 2.37. The van der Waals surface area contributed by atoms with E-state index in [1.807, 2.05) is 20.8 Å². The van der Waals surface area contributed by atoms with Crippen LogP contribution in [0.25, 0.3) is 16.2 Å². The van der Waals surface area contributed by atoms with E-state index in [0.29, 0.717) is 31.0 Å². The molecule has 0 aliphatic carbocycles. The van der Waals surface area contributed by atoms with Gasteiger partial charge in [0.2, 0.25) is 10.1 Å². The van der Waals surface area contributed by atoms with E-state index in [1.165, 1.54) is 30.6 Å². The number of alkyl carbamates (subject to hydrolysis) is 1. The van der Waals surface area contributed by atoms with Crippen LogP contribution in [-0.2, 0) is 9.47 Å². The molecule has 2 aliphatic rings. The van der Waals surface area contributed by atoms with Gasteiger partial charge in [-0.2, -0.15) is 0 Å². The maximum absolute atomic E-state index is 13.7. The van der Waals surface area contributed by atoms with Gasteiger partial charge < -0.3 is 24.4 Å². The number of hydrogen-bond donors (Lipinski definition) is 1. The van der Waals surface area contributed by atoms with Crippen LogP contribution in [-0.4, -0.2) is 65.2 Å². The second-order valence-electron chi connectivity index (χ2n) is 9.59. The van der Waals surface area contributed by atoms with E-state index < -0.39 is 11.7 Å². The van der Waals surface area contributed by atoms with Gasteiger partial charge in [0, 0.05) is 43.3 Å². The molecule has 4 heterocycles. The molecule has 11 heteroatoms. The number of nitrogens with zero attached hydrogens (tertiary/aromatic N) is 4. The molecule has 2 saturated heterocycles. The van der Waals surface area contributed by atoms with Crippen molar-refractivity contribution in [2.24, 2.45) is 5.92 Å². The van der Waals surface area contributed by atoms with E-state index in [9.17, 15) is 9.18 Å². The van der Waals surface area contributed by atoms with Gasteiger partial charge in [0.25, 0.3) is 0 Å². The number of rotatable bonds is 4. The number of benzene rings is 1. The van der Waals surface area contributed by atoms with Crippen molar-refractivity contribution in [2.75, 3.05) is 31.7 Å². The van der Waals surface area contributed by atoms with Crippen LogP contribution >= 0.6 is 11.3 Å². The molecule has 2 aromatic heterocycles. The van der Waals surface area contributed by atoms with Crippen LogP contribution in [0.2, 0.25) is 0 Å². The van der Waals surface area contributed by atoms with Crippen LogP contribution in [0.15, 0.2) is 24.4 Å². The van der Waals surface area contributed by atoms with Gasteiger partial charge in [-0.15, -0.1) is 5.10 Å². The first-order valence-corrected chi connectivity index (χ1v) is 12.1. The maximum Gasteiger partial charge on any atom is 0.407 e. The van der Waals surface area contributed by atoms with Crippen molar-refractivity contribution in [2.45, 2.75) is 44.9 Å². The zero-order valence-corrected chi connectivity index (χ0v) is 20.4. The van der Waals surface area contributed by atoms with Gasteiger partial charge in [0.05, 0.1) is 25.1 Å². The summed E-state index contributed by atoms with van der Waals surface area (Å²) in [4.78, 5) is 19.8. The minimum absolute atomic E-state index is 0.00145. The summed E-state index contributed by atoms with van der Waals surface area (Å²) in [6.45, 7) is 7.53. The summed E-state index contributed by atoms with van der Waals surface area (Å²) >= 11 is 1.48. The van der Waals surface area contributed by atoms with Gasteiger partial charge in [-0.3, -0.25) is 0 Å². The molecule has 0 saturated carbocycles. The van der Waals surface area contributed by atoms with Crippen molar-refractivity contribution in [3.8, 4) is 17.0 Å². The summed E-state index contributed by atoms with van der Waals surface area (Å²) in [5, 5.41) is 8.66. The fourth-order valence-electron chi connectivity index (χ4n) is 4.59. The fraction of sp³-hybridized carbons (Fsp3) is 0.522. The normalized spacial score (nSPS) is 22.6. The summed E-state index contributed by atoms with van der Waals surface area (Å²) in [6, 6.07) is 4.39. The molecule has 0 spiro atoms. The van der Waals surface area contributed by atoms with Gasteiger partial charge in [-0.25, -0.2) is 18.7 Å². The number of anilines is 1. The lowest BCUT2D eigenvalue weighted by molar-refractivity contribution is -0.0200. The van der Waals surface area contributed by atoms with E-state index in [1.54, 1.807) is 16.8 Å². The molecule has 1 aromatic carbocycles. The number of halogens is 1. The van der Waals surface area contributed by atoms with Crippen LogP contribution < -0.4 is 15.0 Å². The molecule has 0 unspecified atom stereocenters. The lowest BCUT2D eigenvalue weighted by Crippen LogP contribution is -2.50. The van der Waals surface area contributed by atoms with Crippen molar-refractivity contribution in [1.29, 1.82) is 0 Å². The van der Waals surface area contributed by atoms with Crippen molar-refractivity contribution >= 4 is 27.5 Å². The highest BCUT2D eigenvalue weighted by Gasteiger charge is 2.43. The maximum atomic E-state index is 13.7. The molecular weight excluding hydrogens is 461 g/mol. The third kappa shape index (κ3) is 4.41. The number of aromatic nitrogens is 3. The first-order chi connectivity index (χ1) is 16.2. The van der Waals surface area contributed by atoms with Gasteiger partial charge in [-0.05, 0) is 39.3 Å². The van der Waals surface area contributed by atoms with E-state index in [-0.39, 0.29) is 23.9 Å². The quantitative estimate of drug-likeness (QED) is 0.597. The highest BCUT2D eigenvalue weighted by atomic mass is 32.1. The van der Waals surface area contributed by atoms with E-state index in [0.717, 1.165) is 22.2 Å². The Hall–Kier alpha value is -2.92. The van der Waals surface area contributed by atoms with Crippen molar-refractivity contribution in [1.82, 2.24) is 19.9 Å². The molecule has 9 nitrogen and oxygen atoms in total. The molecule has 0 radical (unpaired) electrons. The Morgan fingerprint density at radius 1 is 1.32 bits per heavy atom. The average Bonchev–Trinajstić information content (AvgIpc) is 3.46. The summed E-state index contributed by atoms with van der Waals surface area (Å²) < 4.78 is 32.3. The Bertz CT molecular complexity index is 1210. The summed E-state index contributed by atoms with van der Waals surface area (Å²) in [7, 11) is 1.51. The molecule has 2 fully saturated rings. The average molecular weight is 490 g/mol. The fourth-order valence-corrected chi connectivity index (χ4v) is 5.48. The lowest BCUT2D eigenvalue weighted by Gasteiger charge is -2.33. The van der Waals surface area contributed by atoms with Crippen molar-refractivity contribution < 1.29 is 23.4 Å². The Morgan fingerprint density at radius 3 is 2.91 bits per heavy atom. The molecule has 34 heavy (non-hydrogen) atoms. The molecular formula is C23H28FN5O4S. The van der Waals surface area contributed by atoms with Crippen LogP contribution in [0, 0.1) is 11.7 Å². The smallest absolute Gasteiger partial charge is 0.407 e. The highest BCUT2D eigenvalue weighted by molar-refractivity contribution is 7.20. The minimum Gasteiger partial charge on any atom is -0.496 e. The predicted molar refractivity (Wildman–Crippen MR) is 126 cm³/mol. The molecule has 3 atom stereocenters. The Balaban J connectivity index is 1.36. The molecule has 5 rings (SSSR count). The zero-order chi connectivity index (χ0) is 24.0.